The quantitative estimate of drug-likeness (QED) is 0.394. The van der Waals surface area contributed by atoms with Crippen molar-refractivity contribution < 1.29 is 4.74 Å². The van der Waals surface area contributed by atoms with Crippen molar-refractivity contribution in [2.75, 3.05) is 13.2 Å². The molecule has 0 aliphatic rings. The van der Waals surface area contributed by atoms with Crippen LogP contribution in [0.1, 0.15) is 23.2 Å². The van der Waals surface area contributed by atoms with Crippen LogP contribution in [0.3, 0.4) is 0 Å². The first kappa shape index (κ1) is 20.8. The van der Waals surface area contributed by atoms with Crippen molar-refractivity contribution in [2.45, 2.75) is 26.4 Å². The topological polar surface area (TPSA) is 64.9 Å². The minimum atomic E-state index is 0.621. The number of aromatic nitrogens is 4. The Morgan fingerprint density at radius 3 is 2.52 bits per heavy atom. The molecule has 0 saturated carbocycles. The molecule has 0 aliphatic heterocycles. The van der Waals surface area contributed by atoms with Crippen LogP contribution in [0.4, 0.5) is 0 Å². The summed E-state index contributed by atoms with van der Waals surface area (Å²) in [5, 5.41) is 13.1. The molecule has 2 aromatic heterocycles. The fourth-order valence-corrected chi connectivity index (χ4v) is 3.35. The van der Waals surface area contributed by atoms with E-state index in [4.69, 9.17) is 14.9 Å². The normalized spacial score (nSPS) is 10.9. The van der Waals surface area contributed by atoms with Crippen molar-refractivity contribution >= 4 is 0 Å². The first-order chi connectivity index (χ1) is 15.3. The Morgan fingerprint density at radius 1 is 0.903 bits per heavy atom. The van der Waals surface area contributed by atoms with Gasteiger partial charge in [0.2, 0.25) is 5.88 Å². The van der Waals surface area contributed by atoms with Crippen molar-refractivity contribution in [3.63, 3.8) is 0 Å². The fraction of sp³-hybridized carbons (Fsp3) is 0.240. The maximum absolute atomic E-state index is 5.65. The smallest absolute Gasteiger partial charge is 0.213 e. The highest BCUT2D eigenvalue weighted by Gasteiger charge is 2.13. The molecule has 0 atom stereocenters. The third-order valence-corrected chi connectivity index (χ3v) is 5.02. The summed E-state index contributed by atoms with van der Waals surface area (Å²) in [7, 11) is 0. The van der Waals surface area contributed by atoms with Crippen molar-refractivity contribution in [1.29, 1.82) is 0 Å². The predicted molar refractivity (Wildman–Crippen MR) is 122 cm³/mol. The number of aryl methyl sites for hydroxylation is 1. The lowest BCUT2D eigenvalue weighted by Gasteiger charge is -2.06. The van der Waals surface area contributed by atoms with Crippen LogP contribution in [0.15, 0.2) is 79.0 Å². The summed E-state index contributed by atoms with van der Waals surface area (Å²) in [4.78, 5) is 5.97. The Morgan fingerprint density at radius 2 is 1.71 bits per heavy atom. The van der Waals surface area contributed by atoms with Crippen molar-refractivity contribution in [3.05, 3.63) is 95.8 Å². The van der Waals surface area contributed by atoms with Gasteiger partial charge in [0.1, 0.15) is 11.4 Å². The van der Waals surface area contributed by atoms with Gasteiger partial charge in [-0.25, -0.2) is 4.98 Å². The molecule has 6 heteroatoms. The molecular formula is C25H27N5O. The Balaban J connectivity index is 1.38. The average Bonchev–Trinajstić information content (AvgIpc) is 3.21. The Kier molecular flexibility index (Phi) is 7.03. The number of ether oxygens (including phenoxy) is 1. The van der Waals surface area contributed by atoms with Gasteiger partial charge in [-0.2, -0.15) is 15.0 Å². The van der Waals surface area contributed by atoms with Gasteiger partial charge < -0.3 is 10.1 Å². The lowest BCUT2D eigenvalue weighted by molar-refractivity contribution is 0.296. The second-order valence-electron chi connectivity index (χ2n) is 7.36. The molecule has 158 valence electrons. The van der Waals surface area contributed by atoms with Crippen LogP contribution in [-0.4, -0.2) is 33.1 Å². The molecule has 2 heterocycles. The summed E-state index contributed by atoms with van der Waals surface area (Å²) in [6, 6.07) is 24.2. The minimum Gasteiger partial charge on any atom is -0.478 e. The van der Waals surface area contributed by atoms with E-state index in [9.17, 15) is 0 Å². The van der Waals surface area contributed by atoms with Gasteiger partial charge in [-0.3, -0.25) is 0 Å². The van der Waals surface area contributed by atoms with Crippen LogP contribution in [0.2, 0.25) is 0 Å². The third-order valence-electron chi connectivity index (χ3n) is 5.02. The lowest BCUT2D eigenvalue weighted by Crippen LogP contribution is -2.18. The third kappa shape index (κ3) is 5.77. The number of nitrogens with zero attached hydrogens (tertiary/aromatic N) is 4. The Bertz CT molecular complexity index is 1080. The molecule has 0 unspecified atom stereocenters. The SMILES string of the molecule is Cc1ccccc1Cn1nc(CNCCCOc2ccccn2)c(-c2ccccc2)n1. The van der Waals surface area contributed by atoms with E-state index in [0.717, 1.165) is 29.9 Å². The largest absolute Gasteiger partial charge is 0.478 e. The van der Waals surface area contributed by atoms with Crippen molar-refractivity contribution in [1.82, 2.24) is 25.3 Å². The van der Waals surface area contributed by atoms with Gasteiger partial charge in [0, 0.05) is 24.4 Å². The molecule has 0 spiro atoms. The maximum atomic E-state index is 5.65. The standard InChI is InChI=1S/C25H27N5O/c1-20-10-5-6-13-22(20)19-30-28-23(25(29-30)21-11-3-2-4-12-21)18-26-15-9-17-31-24-14-7-8-16-27-24/h2-8,10-14,16,26H,9,15,17-19H2,1H3. The van der Waals surface area contributed by atoms with E-state index in [1.54, 1.807) is 11.0 Å². The Labute approximate surface area is 182 Å². The van der Waals surface area contributed by atoms with E-state index in [0.29, 0.717) is 25.6 Å². The molecule has 0 radical (unpaired) electrons. The molecule has 31 heavy (non-hydrogen) atoms. The maximum Gasteiger partial charge on any atom is 0.213 e. The van der Waals surface area contributed by atoms with Crippen LogP contribution >= 0.6 is 0 Å². The molecule has 0 saturated heterocycles. The second-order valence-corrected chi connectivity index (χ2v) is 7.36. The van der Waals surface area contributed by atoms with E-state index < -0.39 is 0 Å². The monoisotopic (exact) mass is 413 g/mol. The van der Waals surface area contributed by atoms with E-state index in [2.05, 4.69) is 53.6 Å². The van der Waals surface area contributed by atoms with E-state index in [1.807, 2.05) is 36.4 Å². The number of pyridine rings is 1. The predicted octanol–water partition coefficient (Wildman–Crippen LogP) is 4.26. The summed E-state index contributed by atoms with van der Waals surface area (Å²) in [5.41, 5.74) is 5.42. The highest BCUT2D eigenvalue weighted by molar-refractivity contribution is 5.60. The molecule has 0 fully saturated rings. The fourth-order valence-electron chi connectivity index (χ4n) is 3.35. The van der Waals surface area contributed by atoms with Crippen molar-refractivity contribution in [2.24, 2.45) is 0 Å². The molecule has 2 aromatic carbocycles. The second kappa shape index (κ2) is 10.5. The van der Waals surface area contributed by atoms with Crippen molar-refractivity contribution in [3.8, 4) is 17.1 Å². The lowest BCUT2D eigenvalue weighted by atomic mass is 10.1. The molecular weight excluding hydrogens is 386 g/mol. The molecule has 1 N–H and O–H groups in total. The number of hydrogen-bond donors (Lipinski definition) is 1. The molecule has 0 bridgehead atoms. The number of hydrogen-bond acceptors (Lipinski definition) is 5. The zero-order chi connectivity index (χ0) is 21.3. The molecule has 4 aromatic rings. The van der Waals surface area contributed by atoms with Crippen LogP contribution in [0.5, 0.6) is 5.88 Å². The van der Waals surface area contributed by atoms with Crippen LogP contribution in [-0.2, 0) is 13.1 Å². The molecule has 4 rings (SSSR count). The van der Waals surface area contributed by atoms with E-state index in [-0.39, 0.29) is 0 Å². The first-order valence-corrected chi connectivity index (χ1v) is 10.6. The van der Waals surface area contributed by atoms with Gasteiger partial charge in [0.15, 0.2) is 0 Å². The summed E-state index contributed by atoms with van der Waals surface area (Å²) < 4.78 is 5.65. The number of nitrogens with one attached hydrogen (secondary N) is 1. The van der Waals surface area contributed by atoms with Gasteiger partial charge in [-0.1, -0.05) is 60.7 Å². The molecule has 0 aliphatic carbocycles. The summed E-state index contributed by atoms with van der Waals surface area (Å²) in [5.74, 6) is 0.660. The van der Waals surface area contributed by atoms with Crippen LogP contribution in [0, 0.1) is 6.92 Å². The van der Waals surface area contributed by atoms with Gasteiger partial charge in [-0.05, 0) is 37.1 Å². The summed E-state index contributed by atoms with van der Waals surface area (Å²) in [6.07, 6.45) is 2.62. The molecule has 0 amide bonds. The highest BCUT2D eigenvalue weighted by Crippen LogP contribution is 2.20. The summed E-state index contributed by atoms with van der Waals surface area (Å²) in [6.45, 7) is 4.87. The van der Waals surface area contributed by atoms with Gasteiger partial charge >= 0.3 is 0 Å². The van der Waals surface area contributed by atoms with Gasteiger partial charge in [0.25, 0.3) is 0 Å². The highest BCUT2D eigenvalue weighted by atomic mass is 16.5. The Hall–Kier alpha value is -3.51. The first-order valence-electron chi connectivity index (χ1n) is 10.6. The van der Waals surface area contributed by atoms with E-state index in [1.165, 1.54) is 11.1 Å². The van der Waals surface area contributed by atoms with Gasteiger partial charge in [0.05, 0.1) is 13.2 Å². The van der Waals surface area contributed by atoms with Crippen LogP contribution in [0.25, 0.3) is 11.3 Å². The summed E-state index contributed by atoms with van der Waals surface area (Å²) >= 11 is 0. The zero-order valence-corrected chi connectivity index (χ0v) is 17.7. The minimum absolute atomic E-state index is 0.621. The number of rotatable bonds is 10. The molecule has 6 nitrogen and oxygen atoms in total. The zero-order valence-electron chi connectivity index (χ0n) is 17.7. The van der Waals surface area contributed by atoms with Gasteiger partial charge in [-0.15, -0.1) is 0 Å². The van der Waals surface area contributed by atoms with E-state index >= 15 is 0 Å². The number of benzene rings is 2. The average molecular weight is 414 g/mol. The van der Waals surface area contributed by atoms with Crippen LogP contribution < -0.4 is 10.1 Å².